The molecule has 0 aromatic carbocycles. The van der Waals surface area contributed by atoms with Gasteiger partial charge in [-0.15, -0.1) is 0 Å². The van der Waals surface area contributed by atoms with Crippen LogP contribution in [0.2, 0.25) is 5.02 Å². The van der Waals surface area contributed by atoms with Crippen LogP contribution in [0, 0.1) is 0 Å². The number of rotatable bonds is 3. The second kappa shape index (κ2) is 5.14. The molecule has 0 fully saturated rings. The highest BCUT2D eigenvalue weighted by molar-refractivity contribution is 8.00. The molecule has 1 heterocycles. The molecule has 0 bridgehead atoms. The number of pyridine rings is 1. The van der Waals surface area contributed by atoms with Gasteiger partial charge in [0.05, 0.1) is 15.8 Å². The third-order valence-electron chi connectivity index (χ3n) is 1.82. The van der Waals surface area contributed by atoms with Crippen LogP contribution in [0.15, 0.2) is 17.3 Å². The van der Waals surface area contributed by atoms with E-state index >= 15 is 0 Å². The maximum atomic E-state index is 12.3. The molecule has 1 unspecified atom stereocenters. The monoisotopic (exact) mass is 284 g/mol. The van der Waals surface area contributed by atoms with Gasteiger partial charge in [0.1, 0.15) is 5.03 Å². The molecule has 8 heteroatoms. The van der Waals surface area contributed by atoms with Crippen LogP contribution in [-0.4, -0.2) is 16.1 Å². The first-order valence-electron chi connectivity index (χ1n) is 4.40. The van der Waals surface area contributed by atoms with Crippen LogP contribution in [-0.2, 0) is 11.0 Å². The van der Waals surface area contributed by atoms with Crippen molar-refractivity contribution in [2.75, 3.05) is 0 Å². The molecule has 17 heavy (non-hydrogen) atoms. The van der Waals surface area contributed by atoms with Crippen molar-refractivity contribution < 1.29 is 18.0 Å². The summed E-state index contributed by atoms with van der Waals surface area (Å²) >= 11 is 6.56. The molecule has 0 aliphatic carbocycles. The van der Waals surface area contributed by atoms with Gasteiger partial charge in [-0.05, 0) is 13.0 Å². The number of carbonyl (C=O) groups excluding carboxylic acids is 1. The average Bonchev–Trinajstić information content (AvgIpc) is 2.19. The van der Waals surface area contributed by atoms with E-state index in [9.17, 15) is 18.0 Å². The van der Waals surface area contributed by atoms with Gasteiger partial charge in [0, 0.05) is 6.20 Å². The standard InChI is InChI=1S/C9H8ClF3N2OS/c1-4(7(14)16)17-8-6(10)2-5(3-15-8)9(11,12)13/h2-4H,1H3,(H2,14,16). The number of halogens is 4. The van der Waals surface area contributed by atoms with Crippen molar-refractivity contribution in [2.45, 2.75) is 23.4 Å². The summed E-state index contributed by atoms with van der Waals surface area (Å²) in [4.78, 5) is 14.4. The molecule has 94 valence electrons. The smallest absolute Gasteiger partial charge is 0.369 e. The van der Waals surface area contributed by atoms with Gasteiger partial charge in [0.2, 0.25) is 5.91 Å². The predicted octanol–water partition coefficient (Wildman–Crippen LogP) is 2.72. The Morgan fingerprint density at radius 2 is 2.18 bits per heavy atom. The molecule has 2 N–H and O–H groups in total. The van der Waals surface area contributed by atoms with Crippen molar-refractivity contribution in [3.8, 4) is 0 Å². The lowest BCUT2D eigenvalue weighted by atomic mass is 10.3. The van der Waals surface area contributed by atoms with E-state index < -0.39 is 22.9 Å². The molecule has 1 rings (SSSR count). The Balaban J connectivity index is 2.95. The van der Waals surface area contributed by atoms with E-state index in [0.717, 1.165) is 17.8 Å². The first kappa shape index (κ1) is 14.1. The van der Waals surface area contributed by atoms with Crippen LogP contribution >= 0.6 is 23.4 Å². The van der Waals surface area contributed by atoms with Gasteiger partial charge < -0.3 is 5.73 Å². The van der Waals surface area contributed by atoms with Crippen molar-refractivity contribution in [3.05, 3.63) is 22.8 Å². The Labute approximate surface area is 105 Å². The highest BCUT2D eigenvalue weighted by Crippen LogP contribution is 2.34. The van der Waals surface area contributed by atoms with Crippen molar-refractivity contribution >= 4 is 29.3 Å². The van der Waals surface area contributed by atoms with E-state index in [2.05, 4.69) is 4.98 Å². The highest BCUT2D eigenvalue weighted by Gasteiger charge is 2.31. The van der Waals surface area contributed by atoms with E-state index in [-0.39, 0.29) is 10.0 Å². The first-order valence-corrected chi connectivity index (χ1v) is 5.66. The largest absolute Gasteiger partial charge is 0.417 e. The van der Waals surface area contributed by atoms with E-state index in [4.69, 9.17) is 17.3 Å². The van der Waals surface area contributed by atoms with Gasteiger partial charge in [0.25, 0.3) is 0 Å². The maximum absolute atomic E-state index is 12.3. The minimum absolute atomic E-state index is 0.144. The topological polar surface area (TPSA) is 56.0 Å². The summed E-state index contributed by atoms with van der Waals surface area (Å²) < 4.78 is 36.9. The number of hydrogen-bond acceptors (Lipinski definition) is 3. The van der Waals surface area contributed by atoms with Crippen LogP contribution in [0.5, 0.6) is 0 Å². The number of aromatic nitrogens is 1. The van der Waals surface area contributed by atoms with Crippen LogP contribution in [0.25, 0.3) is 0 Å². The fraction of sp³-hybridized carbons (Fsp3) is 0.333. The first-order chi connectivity index (χ1) is 7.71. The molecule has 1 aromatic heterocycles. The molecular weight excluding hydrogens is 277 g/mol. The summed E-state index contributed by atoms with van der Waals surface area (Å²) in [6, 6.07) is 0.768. The maximum Gasteiger partial charge on any atom is 0.417 e. The number of alkyl halides is 3. The summed E-state index contributed by atoms with van der Waals surface area (Å²) in [6.45, 7) is 1.52. The Morgan fingerprint density at radius 1 is 1.59 bits per heavy atom. The third-order valence-corrected chi connectivity index (χ3v) is 3.36. The third kappa shape index (κ3) is 3.78. The Kier molecular flexibility index (Phi) is 4.26. The zero-order valence-electron chi connectivity index (χ0n) is 8.58. The van der Waals surface area contributed by atoms with Crippen LogP contribution < -0.4 is 5.73 Å². The zero-order valence-corrected chi connectivity index (χ0v) is 10.2. The average molecular weight is 285 g/mol. The van der Waals surface area contributed by atoms with Crippen LogP contribution in [0.3, 0.4) is 0 Å². The Bertz CT molecular complexity index is 439. The summed E-state index contributed by atoms with van der Waals surface area (Å²) in [7, 11) is 0. The molecule has 0 aliphatic rings. The number of primary amides is 1. The minimum atomic E-state index is -4.49. The fourth-order valence-corrected chi connectivity index (χ4v) is 1.93. The fourth-order valence-electron chi connectivity index (χ4n) is 0.893. The van der Waals surface area contributed by atoms with Gasteiger partial charge in [-0.2, -0.15) is 13.2 Å². The van der Waals surface area contributed by atoms with Gasteiger partial charge in [-0.25, -0.2) is 4.98 Å². The molecule has 0 spiro atoms. The van der Waals surface area contributed by atoms with E-state index in [0.29, 0.717) is 6.20 Å². The summed E-state index contributed by atoms with van der Waals surface area (Å²) in [6.07, 6.45) is -3.82. The number of nitrogens with two attached hydrogens (primary N) is 1. The SMILES string of the molecule is CC(Sc1ncc(C(F)(F)F)cc1Cl)C(N)=O. The number of carbonyl (C=O) groups is 1. The summed E-state index contributed by atoms with van der Waals surface area (Å²) in [5.41, 5.74) is 4.09. The molecular formula is C9H8ClF3N2OS. The molecule has 0 aliphatic heterocycles. The van der Waals surface area contributed by atoms with Crippen LogP contribution in [0.1, 0.15) is 12.5 Å². The Morgan fingerprint density at radius 3 is 2.59 bits per heavy atom. The lowest BCUT2D eigenvalue weighted by Crippen LogP contribution is -2.22. The molecule has 1 aromatic rings. The van der Waals surface area contributed by atoms with Crippen molar-refractivity contribution in [2.24, 2.45) is 5.73 Å². The van der Waals surface area contributed by atoms with Gasteiger partial charge in [-0.1, -0.05) is 23.4 Å². The molecule has 1 amide bonds. The molecule has 0 saturated carbocycles. The summed E-state index contributed by atoms with van der Waals surface area (Å²) in [5, 5.41) is -0.624. The zero-order chi connectivity index (χ0) is 13.2. The second-order valence-corrected chi connectivity index (χ2v) is 4.91. The van der Waals surface area contributed by atoms with Gasteiger partial charge in [0.15, 0.2) is 0 Å². The number of hydrogen-bond donors (Lipinski definition) is 1. The minimum Gasteiger partial charge on any atom is -0.369 e. The second-order valence-electron chi connectivity index (χ2n) is 3.17. The molecule has 1 atom stereocenters. The van der Waals surface area contributed by atoms with Crippen LogP contribution in [0.4, 0.5) is 13.2 Å². The molecule has 0 radical (unpaired) electrons. The summed E-state index contributed by atoms with van der Waals surface area (Å²) in [5.74, 6) is -0.590. The van der Waals surface area contributed by atoms with Gasteiger partial charge >= 0.3 is 6.18 Å². The van der Waals surface area contributed by atoms with E-state index in [1.54, 1.807) is 0 Å². The lowest BCUT2D eigenvalue weighted by Gasteiger charge is -2.10. The molecule has 3 nitrogen and oxygen atoms in total. The Hall–Kier alpha value is -0.950. The highest BCUT2D eigenvalue weighted by atomic mass is 35.5. The quantitative estimate of drug-likeness (QED) is 0.868. The molecule has 0 saturated heterocycles. The number of amides is 1. The van der Waals surface area contributed by atoms with Crippen molar-refractivity contribution in [1.82, 2.24) is 4.98 Å². The number of thioether (sulfide) groups is 1. The predicted molar refractivity (Wildman–Crippen MR) is 58.8 cm³/mol. The van der Waals surface area contributed by atoms with Gasteiger partial charge in [-0.3, -0.25) is 4.79 Å². The van der Waals surface area contributed by atoms with Crippen molar-refractivity contribution in [1.29, 1.82) is 0 Å². The lowest BCUT2D eigenvalue weighted by molar-refractivity contribution is -0.137. The van der Waals surface area contributed by atoms with Crippen molar-refractivity contribution in [3.63, 3.8) is 0 Å². The number of nitrogens with zero attached hydrogens (tertiary/aromatic N) is 1. The normalized spacial score (nSPS) is 13.5. The van der Waals surface area contributed by atoms with E-state index in [1.165, 1.54) is 6.92 Å². The van der Waals surface area contributed by atoms with E-state index in [1.807, 2.05) is 0 Å².